The number of esters is 1. The van der Waals surface area contributed by atoms with Gasteiger partial charge in [0.1, 0.15) is 11.6 Å². The lowest BCUT2D eigenvalue weighted by Gasteiger charge is -2.29. The van der Waals surface area contributed by atoms with Gasteiger partial charge in [0.05, 0.1) is 26.4 Å². The van der Waals surface area contributed by atoms with Gasteiger partial charge in [0.2, 0.25) is 0 Å². The Morgan fingerprint density at radius 1 is 0.725 bits per heavy atom. The predicted octanol–water partition coefficient (Wildman–Crippen LogP) is 10.3. The predicted molar refractivity (Wildman–Crippen MR) is 206 cm³/mol. The second kappa shape index (κ2) is 19.4. The van der Waals surface area contributed by atoms with Crippen LogP contribution in [0.15, 0.2) is 91.0 Å². The number of unbranched alkanes of at least 4 members (excludes halogenated alkanes) is 2. The Morgan fingerprint density at radius 3 is 2.02 bits per heavy atom. The van der Waals surface area contributed by atoms with E-state index in [1.54, 1.807) is 13.0 Å². The van der Waals surface area contributed by atoms with E-state index >= 15 is 4.39 Å². The van der Waals surface area contributed by atoms with Gasteiger partial charge >= 0.3 is 5.97 Å². The van der Waals surface area contributed by atoms with E-state index in [1.165, 1.54) is 24.8 Å². The number of hydrogen-bond acceptors (Lipinski definition) is 5. The Hall–Kier alpha value is -4.26. The van der Waals surface area contributed by atoms with E-state index < -0.39 is 11.4 Å². The molecule has 0 aliphatic rings. The van der Waals surface area contributed by atoms with E-state index in [1.807, 2.05) is 43.3 Å². The molecule has 0 aliphatic heterocycles. The quantitative estimate of drug-likeness (QED) is 0.0547. The molecule has 2 N–H and O–H groups in total. The number of carbonyl (C=O) groups is 1. The third-order valence-corrected chi connectivity index (χ3v) is 9.79. The van der Waals surface area contributed by atoms with Crippen molar-refractivity contribution in [2.75, 3.05) is 26.4 Å². The van der Waals surface area contributed by atoms with Gasteiger partial charge in [0.25, 0.3) is 0 Å². The lowest BCUT2D eigenvalue weighted by molar-refractivity contribution is -0.138. The normalized spacial score (nSPS) is 11.4. The minimum atomic E-state index is -0.595. The summed E-state index contributed by atoms with van der Waals surface area (Å²) >= 11 is 0. The first-order valence-corrected chi connectivity index (χ1v) is 18.5. The van der Waals surface area contributed by atoms with Crippen molar-refractivity contribution in [2.45, 2.75) is 85.5 Å². The zero-order chi connectivity index (χ0) is 36.8. The van der Waals surface area contributed by atoms with Gasteiger partial charge in [0.15, 0.2) is 0 Å². The summed E-state index contributed by atoms with van der Waals surface area (Å²) in [5, 5.41) is 20.0. The number of ether oxygens (including phenoxy) is 2. The van der Waals surface area contributed by atoms with Crippen molar-refractivity contribution in [3.8, 4) is 39.1 Å². The molecule has 4 aromatic carbocycles. The molecule has 4 aromatic rings. The summed E-state index contributed by atoms with van der Waals surface area (Å²) in [4.78, 5) is 12.1. The van der Waals surface area contributed by atoms with E-state index in [0.717, 1.165) is 58.2 Å². The Bertz CT molecular complexity index is 1740. The van der Waals surface area contributed by atoms with Crippen molar-refractivity contribution in [1.29, 1.82) is 0 Å². The van der Waals surface area contributed by atoms with Gasteiger partial charge in [-0.25, -0.2) is 9.18 Å². The minimum Gasteiger partial charge on any atom is -0.493 e. The number of aliphatic hydroxyl groups excluding tert-OH is 2. The molecule has 0 unspecified atom stereocenters. The fourth-order valence-corrected chi connectivity index (χ4v) is 6.57. The number of rotatable bonds is 20. The molecule has 6 heteroatoms. The summed E-state index contributed by atoms with van der Waals surface area (Å²) in [5.41, 5.74) is 8.27. The first kappa shape index (κ1) is 39.5. The number of carbonyl (C=O) groups excluding carboxylic acids is 1. The zero-order valence-corrected chi connectivity index (χ0v) is 30.9. The van der Waals surface area contributed by atoms with Gasteiger partial charge in [0, 0.05) is 23.0 Å². The van der Waals surface area contributed by atoms with Gasteiger partial charge < -0.3 is 19.7 Å². The fourth-order valence-electron chi connectivity index (χ4n) is 6.57. The minimum absolute atomic E-state index is 0.111. The Kier molecular flexibility index (Phi) is 15.0. The molecular formula is C45H55FO5. The van der Waals surface area contributed by atoms with Crippen molar-refractivity contribution >= 4 is 5.97 Å². The monoisotopic (exact) mass is 694 g/mol. The van der Waals surface area contributed by atoms with E-state index in [9.17, 15) is 15.0 Å². The van der Waals surface area contributed by atoms with Crippen molar-refractivity contribution in [1.82, 2.24) is 0 Å². The highest BCUT2D eigenvalue weighted by atomic mass is 19.1. The summed E-state index contributed by atoms with van der Waals surface area (Å²) in [5.74, 6) is -0.0363. The fraction of sp³-hybridized carbons (Fsp3) is 0.400. The Labute approximate surface area is 304 Å². The van der Waals surface area contributed by atoms with E-state index in [2.05, 4.69) is 56.8 Å². The summed E-state index contributed by atoms with van der Waals surface area (Å²) < 4.78 is 27.3. The molecule has 0 saturated heterocycles. The molecule has 0 aromatic heterocycles. The van der Waals surface area contributed by atoms with Gasteiger partial charge in [-0.3, -0.25) is 0 Å². The molecule has 0 radical (unpaired) electrons. The molecule has 272 valence electrons. The zero-order valence-electron chi connectivity index (χ0n) is 30.9. The van der Waals surface area contributed by atoms with Crippen molar-refractivity contribution in [3.63, 3.8) is 0 Å². The average Bonchev–Trinajstić information content (AvgIpc) is 3.15. The van der Waals surface area contributed by atoms with Crippen LogP contribution in [-0.2, 0) is 28.8 Å². The first-order valence-electron chi connectivity index (χ1n) is 18.5. The third kappa shape index (κ3) is 10.6. The highest BCUT2D eigenvalue weighted by Crippen LogP contribution is 2.35. The van der Waals surface area contributed by atoms with Crippen LogP contribution >= 0.6 is 0 Å². The van der Waals surface area contributed by atoms with Gasteiger partial charge in [-0.15, -0.1) is 0 Å². The molecule has 0 bridgehead atoms. The molecule has 0 spiro atoms. The van der Waals surface area contributed by atoms with Crippen LogP contribution in [0.25, 0.3) is 33.4 Å². The molecule has 4 rings (SSSR count). The lowest BCUT2D eigenvalue weighted by Crippen LogP contribution is -2.31. The van der Waals surface area contributed by atoms with Crippen LogP contribution in [0.3, 0.4) is 0 Å². The number of aliphatic hydroxyl groups is 2. The molecular weight excluding hydrogens is 639 g/mol. The van der Waals surface area contributed by atoms with Crippen LogP contribution in [-0.4, -0.2) is 42.6 Å². The molecule has 0 fully saturated rings. The maximum atomic E-state index is 15.7. The van der Waals surface area contributed by atoms with Gasteiger partial charge in [-0.05, 0) is 102 Å². The summed E-state index contributed by atoms with van der Waals surface area (Å²) in [6.45, 7) is 11.9. The highest BCUT2D eigenvalue weighted by Gasteiger charge is 2.28. The lowest BCUT2D eigenvalue weighted by atomic mass is 9.82. The summed E-state index contributed by atoms with van der Waals surface area (Å²) in [7, 11) is 0. The second-order valence-corrected chi connectivity index (χ2v) is 13.7. The summed E-state index contributed by atoms with van der Waals surface area (Å²) in [6, 6.07) is 26.0. The average molecular weight is 695 g/mol. The maximum Gasteiger partial charge on any atom is 0.333 e. The number of aryl methyl sites for hydroxylation is 2. The standard InChI is InChI=1S/C45H55FO5/c1-6-9-10-11-33-12-14-35(15-13-33)36-16-20-41(42(46)29-36)38-17-19-40(34(8-3)27-38)37-18-21-43(39(28-37)22-25-51-44(49)32(4)5)50-26-24-45(30-47,31-48)23-7-2/h12-21,27-29,47-48H,4,6-11,22-26,30-31H2,1-3,5H3. The molecule has 5 nitrogen and oxygen atoms in total. The van der Waals surface area contributed by atoms with Crippen molar-refractivity contribution in [2.24, 2.45) is 5.41 Å². The molecule has 0 saturated carbocycles. The van der Waals surface area contributed by atoms with Crippen LogP contribution in [0.4, 0.5) is 4.39 Å². The van der Waals surface area contributed by atoms with Crippen LogP contribution < -0.4 is 4.74 Å². The highest BCUT2D eigenvalue weighted by molar-refractivity contribution is 5.87. The van der Waals surface area contributed by atoms with Crippen LogP contribution in [0, 0.1) is 11.2 Å². The number of hydrogen-bond donors (Lipinski definition) is 2. The molecule has 0 amide bonds. The second-order valence-electron chi connectivity index (χ2n) is 13.7. The van der Waals surface area contributed by atoms with Gasteiger partial charge in [-0.2, -0.15) is 0 Å². The Balaban J connectivity index is 1.58. The topological polar surface area (TPSA) is 76.0 Å². The van der Waals surface area contributed by atoms with E-state index in [4.69, 9.17) is 9.47 Å². The molecule has 0 heterocycles. The van der Waals surface area contributed by atoms with Crippen LogP contribution in [0.2, 0.25) is 0 Å². The number of halogens is 1. The van der Waals surface area contributed by atoms with Gasteiger partial charge in [-0.1, -0.05) is 107 Å². The van der Waals surface area contributed by atoms with E-state index in [0.29, 0.717) is 42.8 Å². The molecule has 51 heavy (non-hydrogen) atoms. The molecule has 0 atom stereocenters. The van der Waals surface area contributed by atoms with Crippen molar-refractivity contribution in [3.05, 3.63) is 114 Å². The Morgan fingerprint density at radius 2 is 1.37 bits per heavy atom. The SMILES string of the molecule is C=C(C)C(=O)OCCc1cc(-c2ccc(-c3ccc(-c4ccc(CCCCC)cc4)cc3F)cc2CC)ccc1OCCC(CO)(CO)CCC. The summed E-state index contributed by atoms with van der Waals surface area (Å²) in [6.07, 6.45) is 7.91. The van der Waals surface area contributed by atoms with Crippen LogP contribution in [0.5, 0.6) is 5.75 Å². The smallest absolute Gasteiger partial charge is 0.333 e. The third-order valence-electron chi connectivity index (χ3n) is 9.79. The van der Waals surface area contributed by atoms with E-state index in [-0.39, 0.29) is 25.6 Å². The van der Waals surface area contributed by atoms with Crippen LogP contribution in [0.1, 0.15) is 82.9 Å². The molecule has 0 aliphatic carbocycles. The number of benzene rings is 4. The maximum absolute atomic E-state index is 15.7. The largest absolute Gasteiger partial charge is 0.493 e. The van der Waals surface area contributed by atoms with Crippen molar-refractivity contribution < 1.29 is 28.9 Å². The first-order chi connectivity index (χ1) is 24.7.